The topological polar surface area (TPSA) is 106 Å². The molecule has 252 valence electrons. The molecule has 0 atom stereocenters. The van der Waals surface area contributed by atoms with Gasteiger partial charge in [0.05, 0.1) is 18.4 Å². The number of carbonyl (C=O) groups is 3. The zero-order chi connectivity index (χ0) is 35.0. The number of halogens is 6. The van der Waals surface area contributed by atoms with Crippen LogP contribution in [-0.2, 0) is 19.1 Å². The number of hydrogen-bond donors (Lipinski definition) is 1. The smallest absolute Gasteiger partial charge is 0.497 e. The van der Waals surface area contributed by atoms with E-state index in [1.165, 1.54) is 71.5 Å². The number of anilines is 1. The molecule has 0 spiro atoms. The van der Waals surface area contributed by atoms with E-state index in [9.17, 15) is 40.7 Å². The third kappa shape index (κ3) is 7.06. The summed E-state index contributed by atoms with van der Waals surface area (Å²) in [6, 6.07) is 14.7. The summed E-state index contributed by atoms with van der Waals surface area (Å²) in [4.78, 5) is 42.4. The number of benzene rings is 3. The Labute approximate surface area is 269 Å². The first-order chi connectivity index (χ1) is 22.6. The molecule has 1 N–H and O–H groups in total. The van der Waals surface area contributed by atoms with Gasteiger partial charge in [-0.2, -0.15) is 18.3 Å². The maximum Gasteiger partial charge on any atom is 0.573 e. The first kappa shape index (κ1) is 33.8. The van der Waals surface area contributed by atoms with E-state index in [0.717, 1.165) is 16.8 Å². The molecule has 16 heteroatoms. The van der Waals surface area contributed by atoms with Gasteiger partial charge in [-0.05, 0) is 66.6 Å². The van der Waals surface area contributed by atoms with E-state index in [1.807, 2.05) is 0 Å². The minimum atomic E-state index is -4.93. The van der Waals surface area contributed by atoms with Crippen LogP contribution in [0.5, 0.6) is 11.5 Å². The van der Waals surface area contributed by atoms with Crippen molar-refractivity contribution in [3.05, 3.63) is 100 Å². The summed E-state index contributed by atoms with van der Waals surface area (Å²) in [7, 11) is 4.47. The van der Waals surface area contributed by atoms with Crippen molar-refractivity contribution in [3.63, 3.8) is 0 Å². The van der Waals surface area contributed by atoms with E-state index in [2.05, 4.69) is 15.2 Å². The van der Waals surface area contributed by atoms with Crippen molar-refractivity contribution in [1.29, 1.82) is 0 Å². The number of aromatic nitrogens is 2. The number of alkyl halides is 6. The number of rotatable bonds is 8. The molecule has 0 saturated carbocycles. The molecule has 1 aliphatic rings. The number of carbonyl (C=O) groups excluding carboxylic acids is 3. The number of nitrogens with zero attached hydrogens (tertiary/aromatic N) is 4. The van der Waals surface area contributed by atoms with Crippen LogP contribution in [0.4, 0.5) is 32.0 Å². The quantitative estimate of drug-likeness (QED) is 0.243. The zero-order valence-electron chi connectivity index (χ0n) is 25.6. The van der Waals surface area contributed by atoms with Crippen molar-refractivity contribution in [2.45, 2.75) is 25.5 Å². The van der Waals surface area contributed by atoms with Crippen LogP contribution in [-0.4, -0.2) is 66.5 Å². The van der Waals surface area contributed by atoms with Gasteiger partial charge in [-0.1, -0.05) is 12.1 Å². The summed E-state index contributed by atoms with van der Waals surface area (Å²) in [5.41, 5.74) is -1.30. The van der Waals surface area contributed by atoms with Gasteiger partial charge in [0.2, 0.25) is 0 Å². The molecule has 10 nitrogen and oxygen atoms in total. The van der Waals surface area contributed by atoms with E-state index < -0.39 is 41.5 Å². The van der Waals surface area contributed by atoms with Gasteiger partial charge in [-0.3, -0.25) is 14.4 Å². The molecule has 4 aromatic rings. The maximum atomic E-state index is 14.2. The molecule has 3 amide bonds. The second-order valence-corrected chi connectivity index (χ2v) is 10.8. The van der Waals surface area contributed by atoms with Gasteiger partial charge in [0.1, 0.15) is 17.2 Å². The van der Waals surface area contributed by atoms with E-state index in [-0.39, 0.29) is 48.0 Å². The molecule has 0 unspecified atom stereocenters. The minimum Gasteiger partial charge on any atom is -0.497 e. The number of nitrogens with one attached hydrogen (secondary N) is 1. The fourth-order valence-electron chi connectivity index (χ4n) is 5.15. The number of ether oxygens (including phenoxy) is 2. The molecule has 1 aliphatic heterocycles. The Morgan fingerprint density at radius 2 is 1.58 bits per heavy atom. The summed E-state index contributed by atoms with van der Waals surface area (Å²) >= 11 is 0. The molecule has 0 fully saturated rings. The van der Waals surface area contributed by atoms with Gasteiger partial charge in [-0.25, -0.2) is 4.68 Å². The van der Waals surface area contributed by atoms with Crippen LogP contribution >= 0.6 is 0 Å². The van der Waals surface area contributed by atoms with Gasteiger partial charge in [-0.15, -0.1) is 13.2 Å². The predicted octanol–water partition coefficient (Wildman–Crippen LogP) is 5.63. The summed E-state index contributed by atoms with van der Waals surface area (Å²) in [6.45, 7) is -0.282. The van der Waals surface area contributed by atoms with Crippen LogP contribution in [0.15, 0.2) is 66.7 Å². The lowest BCUT2D eigenvalue weighted by molar-refractivity contribution is -0.274. The molecule has 0 radical (unpaired) electrons. The van der Waals surface area contributed by atoms with E-state index in [4.69, 9.17) is 4.74 Å². The highest BCUT2D eigenvalue weighted by Gasteiger charge is 2.44. The molecule has 2 heterocycles. The maximum absolute atomic E-state index is 14.2. The van der Waals surface area contributed by atoms with E-state index in [0.29, 0.717) is 16.8 Å². The van der Waals surface area contributed by atoms with Crippen molar-refractivity contribution < 1.29 is 50.2 Å². The second kappa shape index (κ2) is 12.9. The largest absolute Gasteiger partial charge is 0.573 e. The first-order valence-electron chi connectivity index (χ1n) is 14.2. The average Bonchev–Trinajstić information content (AvgIpc) is 3.44. The lowest BCUT2D eigenvalue weighted by atomic mass is 10.0. The normalized spacial score (nSPS) is 13.2. The highest BCUT2D eigenvalue weighted by Crippen LogP contribution is 2.38. The van der Waals surface area contributed by atoms with Crippen LogP contribution in [0.1, 0.15) is 48.0 Å². The van der Waals surface area contributed by atoms with Gasteiger partial charge in [0, 0.05) is 44.0 Å². The molecule has 0 bridgehead atoms. The highest BCUT2D eigenvalue weighted by atomic mass is 19.4. The monoisotopic (exact) mass is 675 g/mol. The lowest BCUT2D eigenvalue weighted by Crippen LogP contribution is -2.39. The number of fused-ring (bicyclic) bond motifs is 1. The first-order valence-corrected chi connectivity index (χ1v) is 14.2. The number of hydrogen-bond acceptors (Lipinski definition) is 6. The average molecular weight is 676 g/mol. The Bertz CT molecular complexity index is 1850. The summed E-state index contributed by atoms with van der Waals surface area (Å²) < 4.78 is 90.1. The van der Waals surface area contributed by atoms with Crippen LogP contribution < -0.4 is 19.7 Å². The summed E-state index contributed by atoms with van der Waals surface area (Å²) in [5.74, 6) is -2.17. The van der Waals surface area contributed by atoms with Crippen LogP contribution in [0.25, 0.3) is 5.69 Å². The highest BCUT2D eigenvalue weighted by molar-refractivity contribution is 6.08. The standard InChI is InChI=1S/C32H27F6N5O5/c1-41(2)29(45)19-6-8-20(9-7-19)42-15-14-23-26(30(42)46)43(40-27(23)31(33,34)35)25-13-12-22(47-3)16-24(25)28(44)39-17-18-4-10-21(11-5-18)48-32(36,37)38/h4-13,16H,14-15,17H2,1-3H3,(H,39,44). The van der Waals surface area contributed by atoms with Crippen molar-refractivity contribution in [3.8, 4) is 17.2 Å². The fourth-order valence-corrected chi connectivity index (χ4v) is 5.15. The lowest BCUT2D eigenvalue weighted by Gasteiger charge is -2.28. The Morgan fingerprint density at radius 1 is 0.938 bits per heavy atom. The van der Waals surface area contributed by atoms with Gasteiger partial charge in [0.25, 0.3) is 17.7 Å². The Morgan fingerprint density at radius 3 is 2.17 bits per heavy atom. The van der Waals surface area contributed by atoms with Crippen LogP contribution in [0.3, 0.4) is 0 Å². The predicted molar refractivity (Wildman–Crippen MR) is 159 cm³/mol. The van der Waals surface area contributed by atoms with E-state index in [1.54, 1.807) is 14.1 Å². The van der Waals surface area contributed by atoms with Crippen molar-refractivity contribution >= 4 is 23.4 Å². The molecular formula is C32H27F6N5O5. The Balaban J connectivity index is 1.50. The van der Waals surface area contributed by atoms with Crippen molar-refractivity contribution in [2.75, 3.05) is 32.6 Å². The molecule has 48 heavy (non-hydrogen) atoms. The second-order valence-electron chi connectivity index (χ2n) is 10.8. The number of methoxy groups -OCH3 is 1. The Hall–Kier alpha value is -5.54. The SMILES string of the molecule is COc1ccc(-n2nc(C(F)(F)F)c3c2C(=O)N(c2ccc(C(=O)N(C)C)cc2)CC3)c(C(=O)NCc2ccc(OC(F)(F)F)cc2)c1. The molecule has 1 aromatic heterocycles. The summed E-state index contributed by atoms with van der Waals surface area (Å²) in [6.07, 6.45) is -10.0. The van der Waals surface area contributed by atoms with Crippen LogP contribution in [0, 0.1) is 0 Å². The van der Waals surface area contributed by atoms with Gasteiger partial charge in [0.15, 0.2) is 5.69 Å². The molecule has 0 aliphatic carbocycles. The Kier molecular flexibility index (Phi) is 9.11. The van der Waals surface area contributed by atoms with Crippen LogP contribution in [0.2, 0.25) is 0 Å². The zero-order valence-corrected chi connectivity index (χ0v) is 25.6. The van der Waals surface area contributed by atoms with Gasteiger partial charge < -0.3 is 24.6 Å². The molecule has 3 aromatic carbocycles. The fraction of sp³-hybridized carbons (Fsp3) is 0.250. The molecule has 5 rings (SSSR count). The van der Waals surface area contributed by atoms with Gasteiger partial charge >= 0.3 is 12.5 Å². The third-order valence-electron chi connectivity index (χ3n) is 7.40. The molecular weight excluding hydrogens is 648 g/mol. The molecule has 0 saturated heterocycles. The van der Waals surface area contributed by atoms with Crippen molar-refractivity contribution in [2.24, 2.45) is 0 Å². The minimum absolute atomic E-state index is 0.107. The number of amides is 3. The van der Waals surface area contributed by atoms with E-state index >= 15 is 0 Å². The summed E-state index contributed by atoms with van der Waals surface area (Å²) in [5, 5.41) is 6.37. The third-order valence-corrected chi connectivity index (χ3v) is 7.40. The van der Waals surface area contributed by atoms with Crippen molar-refractivity contribution in [1.82, 2.24) is 20.0 Å².